The van der Waals surface area contributed by atoms with Gasteiger partial charge in [-0.25, -0.2) is 0 Å². The van der Waals surface area contributed by atoms with Crippen molar-refractivity contribution in [3.63, 3.8) is 0 Å². The quantitative estimate of drug-likeness (QED) is 0.558. The molecule has 31 heavy (non-hydrogen) atoms. The molecule has 3 heterocycles. The van der Waals surface area contributed by atoms with Crippen molar-refractivity contribution in [3.05, 3.63) is 75.7 Å². The first-order valence-corrected chi connectivity index (χ1v) is 11.4. The number of rotatable bonds is 5. The fourth-order valence-corrected chi connectivity index (χ4v) is 5.61. The van der Waals surface area contributed by atoms with Gasteiger partial charge in [0.1, 0.15) is 11.2 Å². The van der Waals surface area contributed by atoms with Crippen LogP contribution in [0.15, 0.2) is 48.5 Å². The zero-order valence-electron chi connectivity index (χ0n) is 17.4. The molecule has 0 saturated heterocycles. The molecule has 0 fully saturated rings. The Hall–Kier alpha value is -3.03. The third kappa shape index (κ3) is 3.86. The number of carbonyl (C=O) groups is 1. The van der Waals surface area contributed by atoms with E-state index in [0.29, 0.717) is 12.4 Å². The highest BCUT2D eigenvalue weighted by molar-refractivity contribution is 7.16. The molecule has 1 atom stereocenters. The summed E-state index contributed by atoms with van der Waals surface area (Å²) in [6.45, 7) is 5.05. The van der Waals surface area contributed by atoms with Crippen LogP contribution in [0.2, 0.25) is 0 Å². The number of hydrogen-bond donors (Lipinski definition) is 3. The highest BCUT2D eigenvalue weighted by atomic mass is 32.1. The van der Waals surface area contributed by atoms with Gasteiger partial charge >= 0.3 is 0 Å². The van der Waals surface area contributed by atoms with Gasteiger partial charge in [0.15, 0.2) is 11.5 Å². The van der Waals surface area contributed by atoms with Crippen LogP contribution in [0.4, 0.5) is 5.00 Å². The smallest absolute Gasteiger partial charge is 0.256 e. The molecule has 0 aliphatic carbocycles. The van der Waals surface area contributed by atoms with Gasteiger partial charge in [0, 0.05) is 24.5 Å². The summed E-state index contributed by atoms with van der Waals surface area (Å²) < 4.78 is 5.50. The number of anilines is 1. The molecule has 3 aromatic rings. The summed E-state index contributed by atoms with van der Waals surface area (Å²) in [4.78, 5) is 16.7. The fraction of sp³-hybridized carbons (Fsp3) is 0.292. The summed E-state index contributed by atoms with van der Waals surface area (Å²) in [5.74, 6) is 0.473. The maximum atomic E-state index is 13.0. The molecule has 1 amide bonds. The number of thiophene rings is 1. The number of nitrogens with one attached hydrogen (secondary N) is 2. The third-order valence-corrected chi connectivity index (χ3v) is 6.93. The van der Waals surface area contributed by atoms with Crippen LogP contribution in [0.5, 0.6) is 11.5 Å². The van der Waals surface area contributed by atoms with E-state index in [1.807, 2.05) is 13.0 Å². The number of benzene rings is 2. The Kier molecular flexibility index (Phi) is 5.29. The molecule has 1 aromatic heterocycles. The van der Waals surface area contributed by atoms with Crippen molar-refractivity contribution in [1.82, 2.24) is 10.2 Å². The second-order valence-electron chi connectivity index (χ2n) is 7.87. The van der Waals surface area contributed by atoms with Crippen LogP contribution in [0.3, 0.4) is 0 Å². The molecule has 0 bridgehead atoms. The predicted molar refractivity (Wildman–Crippen MR) is 122 cm³/mol. The lowest BCUT2D eigenvalue weighted by molar-refractivity contribution is 0.0934. The van der Waals surface area contributed by atoms with E-state index in [2.05, 4.69) is 39.8 Å². The number of amides is 1. The lowest BCUT2D eigenvalue weighted by Gasteiger charge is -2.28. The van der Waals surface area contributed by atoms with Crippen LogP contribution in [-0.4, -0.2) is 29.1 Å². The zero-order valence-corrected chi connectivity index (χ0v) is 18.2. The van der Waals surface area contributed by atoms with Crippen LogP contribution in [-0.2, 0) is 19.5 Å². The molecule has 160 valence electrons. The summed E-state index contributed by atoms with van der Waals surface area (Å²) >= 11 is 1.68. The van der Waals surface area contributed by atoms with Gasteiger partial charge in [-0.15, -0.1) is 11.3 Å². The van der Waals surface area contributed by atoms with E-state index >= 15 is 0 Å². The minimum Gasteiger partial charge on any atom is -0.504 e. The van der Waals surface area contributed by atoms with E-state index in [1.165, 1.54) is 16.0 Å². The van der Waals surface area contributed by atoms with Gasteiger partial charge in [-0.1, -0.05) is 36.4 Å². The Labute approximate surface area is 185 Å². The van der Waals surface area contributed by atoms with Crippen LogP contribution >= 0.6 is 11.3 Å². The second-order valence-corrected chi connectivity index (χ2v) is 8.97. The van der Waals surface area contributed by atoms with Crippen LogP contribution in [0.1, 0.15) is 45.0 Å². The first-order valence-electron chi connectivity index (χ1n) is 10.6. The van der Waals surface area contributed by atoms with E-state index < -0.39 is 0 Å². The number of phenolic OH excluding ortho intramolecular Hbond substituents is 1. The van der Waals surface area contributed by atoms with Gasteiger partial charge in [0.2, 0.25) is 0 Å². The maximum absolute atomic E-state index is 13.0. The Morgan fingerprint density at radius 2 is 2.03 bits per heavy atom. The first-order chi connectivity index (χ1) is 15.1. The molecule has 1 unspecified atom stereocenters. The first kappa shape index (κ1) is 19.9. The van der Waals surface area contributed by atoms with Crippen molar-refractivity contribution in [1.29, 1.82) is 0 Å². The van der Waals surface area contributed by atoms with Crippen molar-refractivity contribution in [2.45, 2.75) is 32.6 Å². The van der Waals surface area contributed by atoms with E-state index in [1.54, 1.807) is 29.5 Å². The van der Waals surface area contributed by atoms with Crippen molar-refractivity contribution >= 4 is 22.2 Å². The summed E-state index contributed by atoms with van der Waals surface area (Å²) in [5.41, 5.74) is 4.12. The van der Waals surface area contributed by atoms with E-state index in [-0.39, 0.29) is 17.8 Å². The van der Waals surface area contributed by atoms with Crippen molar-refractivity contribution in [2.75, 3.05) is 18.5 Å². The van der Waals surface area contributed by atoms with E-state index in [4.69, 9.17) is 4.74 Å². The number of carbonyl (C=O) groups excluding carboxylic acids is 1. The topological polar surface area (TPSA) is 73.8 Å². The van der Waals surface area contributed by atoms with Gasteiger partial charge in [0.05, 0.1) is 12.2 Å². The minimum absolute atomic E-state index is 0.0428. The van der Waals surface area contributed by atoms with Crippen molar-refractivity contribution in [2.24, 2.45) is 0 Å². The monoisotopic (exact) mass is 435 g/mol. The minimum atomic E-state index is -0.361. The standard InChI is InChI=1S/C24H25N3O3S/c1-2-30-19-12-16(8-9-18(19)28)22-25-23(29)21-17-10-11-27(13-15-6-4-3-5-7-15)14-20(17)31-24(21)26-22/h3-9,12,22,26,28H,2,10-11,13-14H2,1H3,(H,25,29). The molecule has 7 heteroatoms. The molecule has 0 radical (unpaired) electrons. The summed E-state index contributed by atoms with van der Waals surface area (Å²) in [6.07, 6.45) is 0.516. The number of nitrogens with zero attached hydrogens (tertiary/aromatic N) is 1. The zero-order chi connectivity index (χ0) is 21.4. The molecule has 3 N–H and O–H groups in total. The van der Waals surface area contributed by atoms with Gasteiger partial charge in [0.25, 0.3) is 5.91 Å². The maximum Gasteiger partial charge on any atom is 0.256 e. The lowest BCUT2D eigenvalue weighted by Crippen LogP contribution is -2.38. The molecule has 2 aliphatic rings. The molecule has 6 nitrogen and oxygen atoms in total. The van der Waals surface area contributed by atoms with Gasteiger partial charge in [-0.2, -0.15) is 0 Å². The van der Waals surface area contributed by atoms with Crippen LogP contribution < -0.4 is 15.4 Å². The summed E-state index contributed by atoms with van der Waals surface area (Å²) in [6, 6.07) is 15.7. The van der Waals surface area contributed by atoms with E-state index in [9.17, 15) is 9.90 Å². The van der Waals surface area contributed by atoms with E-state index in [0.717, 1.165) is 42.2 Å². The Morgan fingerprint density at radius 3 is 2.84 bits per heavy atom. The normalized spacial score (nSPS) is 18.0. The van der Waals surface area contributed by atoms with Crippen LogP contribution in [0.25, 0.3) is 0 Å². The van der Waals surface area contributed by atoms with Crippen molar-refractivity contribution < 1.29 is 14.6 Å². The molecule has 2 aromatic carbocycles. The highest BCUT2D eigenvalue weighted by Gasteiger charge is 2.33. The van der Waals surface area contributed by atoms with Gasteiger partial charge in [-0.3, -0.25) is 9.69 Å². The van der Waals surface area contributed by atoms with Crippen LogP contribution in [0, 0.1) is 0 Å². The third-order valence-electron chi connectivity index (χ3n) is 5.78. The molecule has 5 rings (SSSR count). The lowest BCUT2D eigenvalue weighted by atomic mass is 10.00. The van der Waals surface area contributed by atoms with Gasteiger partial charge in [-0.05, 0) is 42.2 Å². The average molecular weight is 436 g/mol. The number of ether oxygens (including phenoxy) is 1. The van der Waals surface area contributed by atoms with Crippen molar-refractivity contribution in [3.8, 4) is 11.5 Å². The Balaban J connectivity index is 1.37. The molecular weight excluding hydrogens is 410 g/mol. The number of hydrogen-bond acceptors (Lipinski definition) is 6. The molecule has 0 saturated carbocycles. The summed E-state index contributed by atoms with van der Waals surface area (Å²) in [7, 11) is 0. The predicted octanol–water partition coefficient (Wildman–Crippen LogP) is 4.26. The number of aromatic hydroxyl groups is 1. The molecule has 2 aliphatic heterocycles. The molecular formula is C24H25N3O3S. The molecule has 0 spiro atoms. The fourth-order valence-electron chi connectivity index (χ4n) is 4.29. The number of fused-ring (bicyclic) bond motifs is 3. The SMILES string of the molecule is CCOc1cc(C2NC(=O)c3c(sc4c3CCN(Cc3ccccc3)C4)N2)ccc1O. The Morgan fingerprint density at radius 1 is 1.19 bits per heavy atom. The average Bonchev–Trinajstić information content (AvgIpc) is 3.14. The summed E-state index contributed by atoms with van der Waals surface area (Å²) in [5, 5.41) is 17.5. The second kappa shape index (κ2) is 8.24. The highest BCUT2D eigenvalue weighted by Crippen LogP contribution is 2.41. The largest absolute Gasteiger partial charge is 0.504 e. The Bertz CT molecular complexity index is 1110. The van der Waals surface area contributed by atoms with Gasteiger partial charge < -0.3 is 20.5 Å². The number of phenols is 1.